The first kappa shape index (κ1) is 15.6. The fourth-order valence-corrected chi connectivity index (χ4v) is 2.17. The number of hydrogen-bond acceptors (Lipinski definition) is 3. The molecule has 0 bridgehead atoms. The van der Waals surface area contributed by atoms with Crippen LogP contribution in [0, 0.1) is 5.82 Å². The lowest BCUT2D eigenvalue weighted by atomic mass is 10.2. The summed E-state index contributed by atoms with van der Waals surface area (Å²) in [5.74, 6) is 0.552. The second-order valence-corrected chi connectivity index (χ2v) is 4.98. The van der Waals surface area contributed by atoms with Crippen molar-refractivity contribution >= 4 is 11.6 Å². The zero-order valence-electron chi connectivity index (χ0n) is 12.0. The molecule has 2 aromatic rings. The van der Waals surface area contributed by atoms with Crippen LogP contribution in [0.3, 0.4) is 0 Å². The van der Waals surface area contributed by atoms with Crippen molar-refractivity contribution in [2.45, 2.75) is 13.2 Å². The highest BCUT2D eigenvalue weighted by atomic mass is 35.5. The van der Waals surface area contributed by atoms with Crippen molar-refractivity contribution < 1.29 is 13.9 Å². The topological polar surface area (TPSA) is 30.5 Å². The highest BCUT2D eigenvalue weighted by Crippen LogP contribution is 2.24. The predicted octanol–water partition coefficient (Wildman–Crippen LogP) is 3.79. The molecule has 0 aliphatic heterocycles. The van der Waals surface area contributed by atoms with Gasteiger partial charge in [-0.05, 0) is 42.9 Å². The van der Waals surface area contributed by atoms with E-state index in [0.29, 0.717) is 11.6 Å². The maximum atomic E-state index is 13.6. The lowest BCUT2D eigenvalue weighted by Crippen LogP contribution is -2.07. The quantitative estimate of drug-likeness (QED) is 0.880. The lowest BCUT2D eigenvalue weighted by molar-refractivity contribution is 0.301. The highest BCUT2D eigenvalue weighted by molar-refractivity contribution is 6.30. The molecule has 0 radical (unpaired) electrons. The summed E-state index contributed by atoms with van der Waals surface area (Å²) in [6, 6.07) is 10.2. The highest BCUT2D eigenvalue weighted by Gasteiger charge is 2.07. The number of hydrogen-bond donors (Lipinski definition) is 1. The second kappa shape index (κ2) is 7.29. The average molecular weight is 310 g/mol. The normalized spacial score (nSPS) is 10.5. The fraction of sp³-hybridized carbons (Fsp3) is 0.250. The van der Waals surface area contributed by atoms with Gasteiger partial charge in [0.2, 0.25) is 0 Å². The molecule has 0 aliphatic carbocycles. The van der Waals surface area contributed by atoms with E-state index in [0.717, 1.165) is 16.9 Å². The van der Waals surface area contributed by atoms with Crippen molar-refractivity contribution in [1.82, 2.24) is 5.32 Å². The average Bonchev–Trinajstić information content (AvgIpc) is 2.47. The van der Waals surface area contributed by atoms with E-state index in [9.17, 15) is 4.39 Å². The molecule has 21 heavy (non-hydrogen) atoms. The van der Waals surface area contributed by atoms with Gasteiger partial charge in [0.1, 0.15) is 12.4 Å². The predicted molar refractivity (Wildman–Crippen MR) is 81.5 cm³/mol. The van der Waals surface area contributed by atoms with Crippen molar-refractivity contribution in [2.24, 2.45) is 0 Å². The molecular formula is C16H17ClFNO2. The summed E-state index contributed by atoms with van der Waals surface area (Å²) in [5, 5.41) is 3.71. The van der Waals surface area contributed by atoms with Gasteiger partial charge in [-0.15, -0.1) is 0 Å². The van der Waals surface area contributed by atoms with E-state index >= 15 is 0 Å². The molecule has 0 saturated carbocycles. The standard InChI is InChI=1S/C16H17ClFNO2/c1-19-9-12-8-13(17)4-6-15(12)21-10-11-3-5-16(20-2)14(18)7-11/h3-8,19H,9-10H2,1-2H3. The van der Waals surface area contributed by atoms with E-state index in [1.165, 1.54) is 13.2 Å². The van der Waals surface area contributed by atoms with Gasteiger partial charge in [-0.3, -0.25) is 0 Å². The minimum absolute atomic E-state index is 0.223. The molecular weight excluding hydrogens is 293 g/mol. The first-order chi connectivity index (χ1) is 10.1. The Morgan fingerprint density at radius 3 is 2.57 bits per heavy atom. The van der Waals surface area contributed by atoms with Crippen LogP contribution >= 0.6 is 11.6 Å². The van der Waals surface area contributed by atoms with Crippen molar-refractivity contribution in [2.75, 3.05) is 14.2 Å². The van der Waals surface area contributed by atoms with Crippen molar-refractivity contribution in [1.29, 1.82) is 0 Å². The van der Waals surface area contributed by atoms with Crippen LogP contribution in [0.1, 0.15) is 11.1 Å². The smallest absolute Gasteiger partial charge is 0.165 e. The summed E-state index contributed by atoms with van der Waals surface area (Å²) in [6.45, 7) is 0.923. The third-order valence-corrected chi connectivity index (χ3v) is 3.24. The third kappa shape index (κ3) is 4.09. The molecule has 2 rings (SSSR count). The Balaban J connectivity index is 2.10. The van der Waals surface area contributed by atoms with Gasteiger partial charge in [-0.25, -0.2) is 4.39 Å². The second-order valence-electron chi connectivity index (χ2n) is 4.54. The maximum absolute atomic E-state index is 13.6. The summed E-state index contributed by atoms with van der Waals surface area (Å²) >= 11 is 5.98. The van der Waals surface area contributed by atoms with E-state index in [2.05, 4.69) is 5.32 Å². The van der Waals surface area contributed by atoms with Crippen LogP contribution in [0.25, 0.3) is 0 Å². The summed E-state index contributed by atoms with van der Waals surface area (Å²) in [6.07, 6.45) is 0. The van der Waals surface area contributed by atoms with Crippen LogP contribution in [0.15, 0.2) is 36.4 Å². The monoisotopic (exact) mass is 309 g/mol. The van der Waals surface area contributed by atoms with Crippen LogP contribution < -0.4 is 14.8 Å². The third-order valence-electron chi connectivity index (χ3n) is 3.00. The van der Waals surface area contributed by atoms with Crippen LogP contribution in [-0.4, -0.2) is 14.2 Å². The largest absolute Gasteiger partial charge is 0.494 e. The molecule has 0 saturated heterocycles. The van der Waals surface area contributed by atoms with Gasteiger partial charge in [-0.2, -0.15) is 0 Å². The number of nitrogens with one attached hydrogen (secondary N) is 1. The number of benzene rings is 2. The summed E-state index contributed by atoms with van der Waals surface area (Å²) in [7, 11) is 3.29. The van der Waals surface area contributed by atoms with E-state index in [-0.39, 0.29) is 12.4 Å². The van der Waals surface area contributed by atoms with Gasteiger partial charge >= 0.3 is 0 Å². The Morgan fingerprint density at radius 1 is 1.14 bits per heavy atom. The SMILES string of the molecule is CNCc1cc(Cl)ccc1OCc1ccc(OC)c(F)c1. The summed E-state index contributed by atoms with van der Waals surface area (Å²) < 4.78 is 24.3. The van der Waals surface area contributed by atoms with Crippen molar-refractivity contribution in [3.8, 4) is 11.5 Å². The molecule has 0 amide bonds. The molecule has 0 spiro atoms. The van der Waals surface area contributed by atoms with Crippen LogP contribution in [-0.2, 0) is 13.2 Å². The zero-order chi connectivity index (χ0) is 15.2. The molecule has 112 valence electrons. The zero-order valence-corrected chi connectivity index (χ0v) is 12.7. The van der Waals surface area contributed by atoms with Crippen molar-refractivity contribution in [3.05, 3.63) is 58.4 Å². The Hall–Kier alpha value is -1.78. The summed E-state index contributed by atoms with van der Waals surface area (Å²) in [5.41, 5.74) is 1.69. The first-order valence-corrected chi connectivity index (χ1v) is 6.90. The van der Waals surface area contributed by atoms with Crippen LogP contribution in [0.2, 0.25) is 5.02 Å². The molecule has 0 heterocycles. The van der Waals surface area contributed by atoms with E-state index in [1.807, 2.05) is 19.2 Å². The molecule has 0 fully saturated rings. The van der Waals surface area contributed by atoms with E-state index < -0.39 is 5.82 Å². The molecule has 0 aliphatic rings. The van der Waals surface area contributed by atoms with Crippen molar-refractivity contribution in [3.63, 3.8) is 0 Å². The number of halogens is 2. The lowest BCUT2D eigenvalue weighted by Gasteiger charge is -2.12. The van der Waals surface area contributed by atoms with Gasteiger partial charge in [0.25, 0.3) is 0 Å². The molecule has 2 aromatic carbocycles. The van der Waals surface area contributed by atoms with E-state index in [4.69, 9.17) is 21.1 Å². The van der Waals surface area contributed by atoms with Gasteiger partial charge in [0.05, 0.1) is 7.11 Å². The Labute approximate surface area is 128 Å². The minimum atomic E-state index is -0.398. The molecule has 0 unspecified atom stereocenters. The fourth-order valence-electron chi connectivity index (χ4n) is 1.98. The molecule has 0 atom stereocenters. The van der Waals surface area contributed by atoms with Gasteiger partial charge in [-0.1, -0.05) is 17.7 Å². The Morgan fingerprint density at radius 2 is 1.90 bits per heavy atom. The molecule has 1 N–H and O–H groups in total. The summed E-state index contributed by atoms with van der Waals surface area (Å²) in [4.78, 5) is 0. The van der Waals surface area contributed by atoms with Crippen LogP contribution in [0.4, 0.5) is 4.39 Å². The van der Waals surface area contributed by atoms with Crippen LogP contribution in [0.5, 0.6) is 11.5 Å². The molecule has 0 aromatic heterocycles. The number of rotatable bonds is 6. The number of methoxy groups -OCH3 is 1. The molecule has 3 nitrogen and oxygen atoms in total. The molecule has 5 heteroatoms. The maximum Gasteiger partial charge on any atom is 0.165 e. The minimum Gasteiger partial charge on any atom is -0.494 e. The Kier molecular flexibility index (Phi) is 5.42. The van der Waals surface area contributed by atoms with E-state index in [1.54, 1.807) is 18.2 Å². The van der Waals surface area contributed by atoms with Gasteiger partial charge < -0.3 is 14.8 Å². The number of ether oxygens (including phenoxy) is 2. The Bertz CT molecular complexity index is 619. The van der Waals surface area contributed by atoms with Gasteiger partial charge in [0, 0.05) is 17.1 Å². The van der Waals surface area contributed by atoms with Gasteiger partial charge in [0.15, 0.2) is 11.6 Å². The first-order valence-electron chi connectivity index (χ1n) is 6.52.